The zero-order valence-electron chi connectivity index (χ0n) is 15.3. The molecule has 2 aliphatic rings. The molecule has 2 aromatic carbocycles. The molecule has 0 spiro atoms. The minimum atomic E-state index is -0.139. The van der Waals surface area contributed by atoms with Gasteiger partial charge in [-0.25, -0.2) is 4.79 Å². The molecule has 2 heterocycles. The van der Waals surface area contributed by atoms with Crippen molar-refractivity contribution < 1.29 is 9.53 Å². The van der Waals surface area contributed by atoms with E-state index in [1.165, 1.54) is 5.56 Å². The first-order chi connectivity index (χ1) is 12.5. The van der Waals surface area contributed by atoms with E-state index < -0.39 is 0 Å². The molecule has 5 nitrogen and oxygen atoms in total. The molecule has 2 N–H and O–H groups in total. The molecule has 26 heavy (non-hydrogen) atoms. The van der Waals surface area contributed by atoms with E-state index in [1.54, 1.807) is 4.90 Å². The number of rotatable bonds is 4. The topological polar surface area (TPSA) is 53.6 Å². The molecule has 0 aliphatic carbocycles. The minimum absolute atomic E-state index is 0.0232. The van der Waals surface area contributed by atoms with Crippen molar-refractivity contribution in [1.29, 1.82) is 0 Å². The molecule has 1 saturated heterocycles. The fourth-order valence-electron chi connectivity index (χ4n) is 3.68. The Morgan fingerprint density at radius 3 is 2.92 bits per heavy atom. The predicted octanol–water partition coefficient (Wildman–Crippen LogP) is 3.93. The van der Waals surface area contributed by atoms with Crippen molar-refractivity contribution in [1.82, 2.24) is 5.32 Å². The highest BCUT2D eigenvalue weighted by atomic mass is 16.5. The maximum Gasteiger partial charge on any atom is 0.321 e. The number of fused-ring (bicyclic) bond motifs is 1. The van der Waals surface area contributed by atoms with Crippen LogP contribution in [0.1, 0.15) is 31.4 Å². The van der Waals surface area contributed by atoms with Gasteiger partial charge in [-0.05, 0) is 44.0 Å². The molecule has 2 aliphatic heterocycles. The van der Waals surface area contributed by atoms with Crippen molar-refractivity contribution in [3.05, 3.63) is 53.6 Å². The Bertz CT molecular complexity index is 832. The fourth-order valence-corrected chi connectivity index (χ4v) is 3.68. The zero-order chi connectivity index (χ0) is 18.1. The summed E-state index contributed by atoms with van der Waals surface area (Å²) < 4.78 is 6.15. The second-order valence-corrected chi connectivity index (χ2v) is 7.58. The largest absolute Gasteiger partial charge is 0.487 e. The number of carbonyl (C=O) groups excluding carboxylic acids is 1. The number of anilines is 2. The number of benzene rings is 2. The highest BCUT2D eigenvalue weighted by Gasteiger charge is 2.31. The first kappa shape index (κ1) is 16.8. The van der Waals surface area contributed by atoms with Crippen molar-refractivity contribution in [2.24, 2.45) is 0 Å². The molecule has 2 amide bonds. The Morgan fingerprint density at radius 2 is 2.08 bits per heavy atom. The SMILES string of the molecule is CC1(C)Cc2cccc(CNc3cccc(N4CCCNC4=O)c3)c2O1. The van der Waals surface area contributed by atoms with Gasteiger partial charge < -0.3 is 15.4 Å². The molecule has 5 heteroatoms. The molecular formula is C21H25N3O2. The number of nitrogens with one attached hydrogen (secondary N) is 2. The Balaban J connectivity index is 1.49. The van der Waals surface area contributed by atoms with Crippen LogP contribution in [-0.2, 0) is 13.0 Å². The van der Waals surface area contributed by atoms with Gasteiger partial charge in [0.25, 0.3) is 0 Å². The maximum atomic E-state index is 12.1. The second-order valence-electron chi connectivity index (χ2n) is 7.58. The lowest BCUT2D eigenvalue weighted by Crippen LogP contribution is -2.46. The first-order valence-corrected chi connectivity index (χ1v) is 9.21. The summed E-state index contributed by atoms with van der Waals surface area (Å²) in [6, 6.07) is 14.3. The van der Waals surface area contributed by atoms with Crippen LogP contribution >= 0.6 is 0 Å². The fraction of sp³-hybridized carbons (Fsp3) is 0.381. The Morgan fingerprint density at radius 1 is 1.23 bits per heavy atom. The van der Waals surface area contributed by atoms with Gasteiger partial charge in [0.05, 0.1) is 0 Å². The third-order valence-corrected chi connectivity index (χ3v) is 4.89. The highest BCUT2D eigenvalue weighted by Crippen LogP contribution is 2.37. The van der Waals surface area contributed by atoms with E-state index in [4.69, 9.17) is 4.74 Å². The third kappa shape index (κ3) is 3.34. The van der Waals surface area contributed by atoms with E-state index in [-0.39, 0.29) is 11.6 Å². The van der Waals surface area contributed by atoms with E-state index >= 15 is 0 Å². The molecule has 0 unspecified atom stereocenters. The van der Waals surface area contributed by atoms with E-state index in [1.807, 2.05) is 24.3 Å². The van der Waals surface area contributed by atoms with Gasteiger partial charge in [-0.15, -0.1) is 0 Å². The number of amides is 2. The summed E-state index contributed by atoms with van der Waals surface area (Å²) in [6.07, 6.45) is 1.91. The average Bonchev–Trinajstić information content (AvgIpc) is 2.95. The molecule has 0 aromatic heterocycles. The number of hydrogen-bond acceptors (Lipinski definition) is 3. The van der Waals surface area contributed by atoms with Crippen LogP contribution in [0.2, 0.25) is 0 Å². The van der Waals surface area contributed by atoms with Crippen molar-refractivity contribution in [3.8, 4) is 5.75 Å². The molecule has 0 radical (unpaired) electrons. The number of para-hydroxylation sites is 1. The summed E-state index contributed by atoms with van der Waals surface area (Å²) in [5, 5.41) is 6.37. The Labute approximate surface area is 154 Å². The smallest absolute Gasteiger partial charge is 0.321 e. The number of urea groups is 1. The summed E-state index contributed by atoms with van der Waals surface area (Å²) in [5.74, 6) is 1.01. The van der Waals surface area contributed by atoms with Gasteiger partial charge in [-0.2, -0.15) is 0 Å². The molecule has 0 bridgehead atoms. The van der Waals surface area contributed by atoms with Gasteiger partial charge in [0.2, 0.25) is 0 Å². The van der Waals surface area contributed by atoms with Crippen LogP contribution < -0.4 is 20.3 Å². The van der Waals surface area contributed by atoms with Gasteiger partial charge in [0.15, 0.2) is 0 Å². The molecule has 136 valence electrons. The minimum Gasteiger partial charge on any atom is -0.487 e. The van der Waals surface area contributed by atoms with Crippen LogP contribution in [0.3, 0.4) is 0 Å². The molecule has 4 rings (SSSR count). The van der Waals surface area contributed by atoms with E-state index in [0.717, 1.165) is 48.6 Å². The van der Waals surface area contributed by atoms with Crippen LogP contribution in [0.5, 0.6) is 5.75 Å². The third-order valence-electron chi connectivity index (χ3n) is 4.89. The summed E-state index contributed by atoms with van der Waals surface area (Å²) in [4.78, 5) is 13.8. The molecule has 2 aromatic rings. The summed E-state index contributed by atoms with van der Waals surface area (Å²) in [6.45, 7) is 6.44. The lowest BCUT2D eigenvalue weighted by atomic mass is 10.0. The molecular weight excluding hydrogens is 326 g/mol. The summed E-state index contributed by atoms with van der Waals surface area (Å²) in [7, 11) is 0. The van der Waals surface area contributed by atoms with Gasteiger partial charge in [0.1, 0.15) is 11.4 Å². The van der Waals surface area contributed by atoms with E-state index in [2.05, 4.69) is 42.7 Å². The number of ether oxygens (including phenoxy) is 1. The van der Waals surface area contributed by atoms with Crippen molar-refractivity contribution in [3.63, 3.8) is 0 Å². The normalized spacial score (nSPS) is 18.1. The maximum absolute atomic E-state index is 12.1. The predicted molar refractivity (Wildman–Crippen MR) is 104 cm³/mol. The van der Waals surface area contributed by atoms with Gasteiger partial charge in [-0.1, -0.05) is 24.3 Å². The number of carbonyl (C=O) groups is 1. The van der Waals surface area contributed by atoms with Crippen LogP contribution in [0.4, 0.5) is 16.2 Å². The quantitative estimate of drug-likeness (QED) is 0.877. The molecule has 1 fully saturated rings. The Kier molecular flexibility index (Phi) is 4.23. The summed E-state index contributed by atoms with van der Waals surface area (Å²) in [5.41, 5.74) is 4.21. The first-order valence-electron chi connectivity index (χ1n) is 9.21. The lowest BCUT2D eigenvalue weighted by Gasteiger charge is -2.27. The second kappa shape index (κ2) is 6.56. The highest BCUT2D eigenvalue weighted by molar-refractivity contribution is 5.93. The lowest BCUT2D eigenvalue weighted by molar-refractivity contribution is 0.137. The van der Waals surface area contributed by atoms with E-state index in [9.17, 15) is 4.79 Å². The van der Waals surface area contributed by atoms with Crippen LogP contribution in [0, 0.1) is 0 Å². The zero-order valence-corrected chi connectivity index (χ0v) is 15.3. The Hall–Kier alpha value is -2.69. The van der Waals surface area contributed by atoms with Crippen molar-refractivity contribution in [2.75, 3.05) is 23.3 Å². The number of nitrogens with zero attached hydrogens (tertiary/aromatic N) is 1. The van der Waals surface area contributed by atoms with Crippen LogP contribution in [0.25, 0.3) is 0 Å². The standard InChI is InChI=1S/C21H25N3O2/c1-21(2)13-15-6-3-7-16(19(15)26-21)14-23-17-8-4-9-18(12-17)24-11-5-10-22-20(24)25/h3-4,6-9,12,23H,5,10-11,13-14H2,1-2H3,(H,22,25). The van der Waals surface area contributed by atoms with Gasteiger partial charge >= 0.3 is 6.03 Å². The average molecular weight is 351 g/mol. The van der Waals surface area contributed by atoms with Crippen LogP contribution in [-0.4, -0.2) is 24.7 Å². The molecule has 0 saturated carbocycles. The monoisotopic (exact) mass is 351 g/mol. The van der Waals surface area contributed by atoms with Crippen LogP contribution in [0.15, 0.2) is 42.5 Å². The summed E-state index contributed by atoms with van der Waals surface area (Å²) >= 11 is 0. The van der Waals surface area contributed by atoms with Crippen molar-refractivity contribution in [2.45, 2.75) is 38.8 Å². The van der Waals surface area contributed by atoms with Crippen molar-refractivity contribution >= 4 is 17.4 Å². The van der Waals surface area contributed by atoms with Gasteiger partial charge in [0, 0.05) is 43.0 Å². The van der Waals surface area contributed by atoms with E-state index in [0.29, 0.717) is 6.54 Å². The van der Waals surface area contributed by atoms with Gasteiger partial charge in [-0.3, -0.25) is 4.90 Å². The molecule has 0 atom stereocenters. The number of hydrogen-bond donors (Lipinski definition) is 2.